The number of ether oxygens (including phenoxy) is 1. The molecular weight excluding hydrogens is 357 g/mol. The summed E-state index contributed by atoms with van der Waals surface area (Å²) in [5.74, 6) is 0. The molecule has 1 heterocycles. The van der Waals surface area contributed by atoms with E-state index < -0.39 is 11.8 Å². The molecule has 1 fully saturated rings. The highest BCUT2D eigenvalue weighted by atomic mass is 127. The predicted octanol–water partition coefficient (Wildman–Crippen LogP) is 3.42. The van der Waals surface area contributed by atoms with Gasteiger partial charge < -0.3 is 9.84 Å². The summed E-state index contributed by atoms with van der Waals surface area (Å²) in [6.45, 7) is 3.92. The van der Waals surface area contributed by atoms with Gasteiger partial charge in [0.1, 0.15) is 5.72 Å². The van der Waals surface area contributed by atoms with Crippen molar-refractivity contribution in [2.75, 3.05) is 6.61 Å². The lowest BCUT2D eigenvalue weighted by Crippen LogP contribution is -2.46. The van der Waals surface area contributed by atoms with Crippen LogP contribution in [-0.2, 0) is 4.74 Å². The van der Waals surface area contributed by atoms with Crippen LogP contribution in [0.15, 0.2) is 30.3 Å². The van der Waals surface area contributed by atoms with Crippen molar-refractivity contribution in [3.63, 3.8) is 0 Å². The largest absolute Gasteiger partial charge is 0.465 e. The molecule has 2 rings (SSSR count). The van der Waals surface area contributed by atoms with Crippen molar-refractivity contribution in [1.82, 2.24) is 4.90 Å². The van der Waals surface area contributed by atoms with Gasteiger partial charge in [0.25, 0.3) is 0 Å². The smallest absolute Gasteiger partial charge is 0.410 e. The Morgan fingerprint density at radius 1 is 1.47 bits per heavy atom. The summed E-state index contributed by atoms with van der Waals surface area (Å²) in [6, 6.07) is 7.80. The summed E-state index contributed by atoms with van der Waals surface area (Å²) < 4.78 is 6.70. The second-order valence-corrected chi connectivity index (χ2v) is 6.13. The Labute approximate surface area is 126 Å². The van der Waals surface area contributed by atoms with E-state index in [9.17, 15) is 9.90 Å². The highest BCUT2D eigenvalue weighted by molar-refractivity contribution is 14.1. The molecule has 19 heavy (non-hydrogen) atoms. The van der Waals surface area contributed by atoms with E-state index in [4.69, 9.17) is 4.74 Å². The molecule has 1 saturated heterocycles. The van der Waals surface area contributed by atoms with Gasteiger partial charge in [-0.25, -0.2) is 4.79 Å². The third-order valence-corrected chi connectivity index (χ3v) is 3.83. The summed E-state index contributed by atoms with van der Waals surface area (Å²) in [7, 11) is 0. The van der Waals surface area contributed by atoms with Crippen molar-refractivity contribution in [1.29, 1.82) is 0 Å². The minimum atomic E-state index is -0.959. The molecule has 1 amide bonds. The predicted molar refractivity (Wildman–Crippen MR) is 81.9 cm³/mol. The van der Waals surface area contributed by atoms with Gasteiger partial charge in [-0.15, -0.1) is 0 Å². The van der Waals surface area contributed by atoms with Crippen molar-refractivity contribution in [2.24, 2.45) is 0 Å². The van der Waals surface area contributed by atoms with Gasteiger partial charge in [-0.05, 0) is 54.1 Å². The molecule has 102 valence electrons. The molecule has 0 unspecified atom stereocenters. The number of hydrogen-bond acceptors (Lipinski definition) is 2. The molecule has 0 aromatic heterocycles. The van der Waals surface area contributed by atoms with Gasteiger partial charge in [-0.2, -0.15) is 0 Å². The van der Waals surface area contributed by atoms with E-state index in [-0.39, 0.29) is 6.04 Å². The molecule has 0 bridgehead atoms. The lowest BCUT2D eigenvalue weighted by atomic mass is 10.1. The van der Waals surface area contributed by atoms with Crippen LogP contribution in [-0.4, -0.2) is 34.5 Å². The van der Waals surface area contributed by atoms with Gasteiger partial charge in [0.15, 0.2) is 0 Å². The maximum absolute atomic E-state index is 11.3. The maximum atomic E-state index is 11.3. The fourth-order valence-electron chi connectivity index (χ4n) is 2.14. The number of hydrogen-bond donors (Lipinski definition) is 1. The molecule has 4 nitrogen and oxygen atoms in total. The second-order valence-electron chi connectivity index (χ2n) is 4.89. The molecule has 1 aliphatic rings. The number of carbonyl (C=O) groups is 1. The molecule has 0 aliphatic carbocycles. The highest BCUT2D eigenvalue weighted by Crippen LogP contribution is 2.28. The number of benzene rings is 1. The second kappa shape index (κ2) is 5.50. The Balaban J connectivity index is 2.14. The van der Waals surface area contributed by atoms with Crippen LogP contribution < -0.4 is 0 Å². The minimum absolute atomic E-state index is 0.244. The Morgan fingerprint density at radius 2 is 2.11 bits per heavy atom. The monoisotopic (exact) mass is 373 g/mol. The van der Waals surface area contributed by atoms with E-state index in [1.54, 1.807) is 13.8 Å². The number of nitrogens with zero attached hydrogens (tertiary/aromatic N) is 1. The molecule has 1 atom stereocenters. The summed E-state index contributed by atoms with van der Waals surface area (Å²) >= 11 is 2.25. The van der Waals surface area contributed by atoms with Gasteiger partial charge in [0, 0.05) is 3.57 Å². The molecule has 0 radical (unpaired) electrons. The first kappa shape index (κ1) is 14.3. The number of rotatable bonds is 2. The Kier molecular flexibility index (Phi) is 4.15. The fourth-order valence-corrected chi connectivity index (χ4v) is 2.50. The molecule has 0 spiro atoms. The normalized spacial score (nSPS) is 22.1. The highest BCUT2D eigenvalue weighted by Gasteiger charge is 2.42. The lowest BCUT2D eigenvalue weighted by molar-refractivity contribution is -0.0409. The molecule has 1 aromatic rings. The topological polar surface area (TPSA) is 49.8 Å². The van der Waals surface area contributed by atoms with Crippen LogP contribution in [0.3, 0.4) is 0 Å². The van der Waals surface area contributed by atoms with Gasteiger partial charge in [0.2, 0.25) is 0 Å². The van der Waals surface area contributed by atoms with Crippen LogP contribution in [0, 0.1) is 3.57 Å². The number of amides is 1. The number of carboxylic acid groups (broad SMARTS) is 1. The van der Waals surface area contributed by atoms with E-state index in [0.717, 1.165) is 5.56 Å². The Morgan fingerprint density at radius 3 is 2.68 bits per heavy atom. The molecule has 1 aliphatic heterocycles. The lowest BCUT2D eigenvalue weighted by Gasteiger charge is -2.29. The van der Waals surface area contributed by atoms with E-state index in [1.807, 2.05) is 36.4 Å². The first-order valence-corrected chi connectivity index (χ1v) is 7.08. The van der Waals surface area contributed by atoms with Crippen molar-refractivity contribution < 1.29 is 14.6 Å². The molecule has 0 saturated carbocycles. The van der Waals surface area contributed by atoms with E-state index in [2.05, 4.69) is 22.6 Å². The summed E-state index contributed by atoms with van der Waals surface area (Å²) in [5, 5.41) is 9.26. The van der Waals surface area contributed by atoms with E-state index in [0.29, 0.717) is 6.61 Å². The van der Waals surface area contributed by atoms with Crippen molar-refractivity contribution in [3.05, 3.63) is 39.5 Å². The molecular formula is C14H16INO3. The third kappa shape index (κ3) is 3.27. The standard InChI is InChI=1S/C14H16INO3/c1-14(2)16(13(17)18)12(9-19-14)8-5-10-3-6-11(15)7-4-10/h3-8,12H,9H2,1-2H3,(H,17,18)/t12-/m0/s1. The summed E-state index contributed by atoms with van der Waals surface area (Å²) in [5.41, 5.74) is 0.280. The van der Waals surface area contributed by atoms with Crippen molar-refractivity contribution >= 4 is 34.8 Å². The SMILES string of the molecule is CC1(C)OC[C@H](C=Cc2ccc(I)cc2)N1C(=O)O. The third-order valence-electron chi connectivity index (χ3n) is 3.11. The quantitative estimate of drug-likeness (QED) is 0.809. The van der Waals surface area contributed by atoms with E-state index in [1.165, 1.54) is 8.47 Å². The maximum Gasteiger partial charge on any atom is 0.410 e. The molecule has 1 aromatic carbocycles. The van der Waals surface area contributed by atoms with Crippen LogP contribution in [0.5, 0.6) is 0 Å². The van der Waals surface area contributed by atoms with Crippen molar-refractivity contribution in [3.8, 4) is 0 Å². The minimum Gasteiger partial charge on any atom is -0.465 e. The zero-order chi connectivity index (χ0) is 14.0. The fraction of sp³-hybridized carbons (Fsp3) is 0.357. The van der Waals surface area contributed by atoms with Crippen molar-refractivity contribution in [2.45, 2.75) is 25.6 Å². The average molecular weight is 373 g/mol. The summed E-state index contributed by atoms with van der Waals surface area (Å²) in [4.78, 5) is 12.6. The zero-order valence-corrected chi connectivity index (χ0v) is 13.0. The number of halogens is 1. The van der Waals surface area contributed by atoms with Gasteiger partial charge in [-0.1, -0.05) is 24.3 Å². The van der Waals surface area contributed by atoms with Crippen LogP contribution in [0.25, 0.3) is 6.08 Å². The zero-order valence-electron chi connectivity index (χ0n) is 10.8. The van der Waals surface area contributed by atoms with Gasteiger partial charge in [-0.3, -0.25) is 4.90 Å². The van der Waals surface area contributed by atoms with Crippen LogP contribution in [0.4, 0.5) is 4.79 Å². The Bertz CT molecular complexity index is 496. The first-order chi connectivity index (χ1) is 8.90. The van der Waals surface area contributed by atoms with Crippen LogP contribution in [0.2, 0.25) is 0 Å². The van der Waals surface area contributed by atoms with Crippen LogP contribution in [0.1, 0.15) is 19.4 Å². The summed E-state index contributed by atoms with van der Waals surface area (Å²) in [6.07, 6.45) is 2.85. The molecule has 5 heteroatoms. The average Bonchev–Trinajstić information content (AvgIpc) is 2.64. The van der Waals surface area contributed by atoms with Gasteiger partial charge in [0.05, 0.1) is 12.6 Å². The van der Waals surface area contributed by atoms with E-state index >= 15 is 0 Å². The van der Waals surface area contributed by atoms with Crippen LogP contribution >= 0.6 is 22.6 Å². The Hall–Kier alpha value is -1.08. The molecule has 1 N–H and O–H groups in total. The van der Waals surface area contributed by atoms with Gasteiger partial charge >= 0.3 is 6.09 Å². The first-order valence-electron chi connectivity index (χ1n) is 6.00.